The Bertz CT molecular complexity index is 416. The fourth-order valence-corrected chi connectivity index (χ4v) is 2.47. The minimum atomic E-state index is -0.875. The fraction of sp³-hybridized carbons (Fsp3) is 0.500. The highest BCUT2D eigenvalue weighted by Crippen LogP contribution is 2.22. The highest BCUT2D eigenvalue weighted by Gasteiger charge is 2.22. The van der Waals surface area contributed by atoms with Gasteiger partial charge in [-0.05, 0) is 56.6 Å². The third kappa shape index (κ3) is 3.29. The van der Waals surface area contributed by atoms with E-state index in [0.29, 0.717) is 12.0 Å². The van der Waals surface area contributed by atoms with Crippen LogP contribution in [0.4, 0.5) is 4.39 Å². The van der Waals surface area contributed by atoms with Crippen LogP contribution in [0.3, 0.4) is 0 Å². The van der Waals surface area contributed by atoms with Crippen molar-refractivity contribution in [3.63, 3.8) is 0 Å². The number of nitrogens with zero attached hydrogens (tertiary/aromatic N) is 1. The summed E-state index contributed by atoms with van der Waals surface area (Å²) < 4.78 is 13.1. The van der Waals surface area contributed by atoms with E-state index < -0.39 is 11.9 Å². The quantitative estimate of drug-likeness (QED) is 0.874. The standard InChI is InChI=1S/C14H18FNO2/c15-12-5-3-4-11(10-12)13(14(17)18)6-9-16-7-1-2-8-16/h3-5,10,13H,1-2,6-9H2,(H,17,18). The molecule has 0 spiro atoms. The van der Waals surface area contributed by atoms with E-state index >= 15 is 0 Å². The summed E-state index contributed by atoms with van der Waals surface area (Å²) >= 11 is 0. The lowest BCUT2D eigenvalue weighted by Crippen LogP contribution is -2.24. The molecule has 1 heterocycles. The number of likely N-dealkylation sites (tertiary alicyclic amines) is 1. The summed E-state index contributed by atoms with van der Waals surface area (Å²) in [5.41, 5.74) is 0.557. The maximum Gasteiger partial charge on any atom is 0.311 e. The van der Waals surface area contributed by atoms with Gasteiger partial charge >= 0.3 is 5.97 Å². The van der Waals surface area contributed by atoms with Crippen molar-refractivity contribution < 1.29 is 14.3 Å². The molecule has 98 valence electrons. The number of carboxylic acid groups (broad SMARTS) is 1. The molecule has 1 aliphatic heterocycles. The molecule has 3 nitrogen and oxygen atoms in total. The highest BCUT2D eigenvalue weighted by atomic mass is 19.1. The zero-order valence-electron chi connectivity index (χ0n) is 10.3. The van der Waals surface area contributed by atoms with Crippen LogP contribution in [0, 0.1) is 5.82 Å². The normalized spacial score (nSPS) is 17.8. The largest absolute Gasteiger partial charge is 0.481 e. The minimum absolute atomic E-state index is 0.375. The Morgan fingerprint density at radius 1 is 1.39 bits per heavy atom. The van der Waals surface area contributed by atoms with Gasteiger partial charge in [0.25, 0.3) is 0 Å². The second kappa shape index (κ2) is 5.96. The Morgan fingerprint density at radius 3 is 2.72 bits per heavy atom. The monoisotopic (exact) mass is 251 g/mol. The molecule has 0 aromatic heterocycles. The summed E-state index contributed by atoms with van der Waals surface area (Å²) in [6.07, 6.45) is 2.92. The van der Waals surface area contributed by atoms with Crippen molar-refractivity contribution >= 4 is 5.97 Å². The molecule has 1 unspecified atom stereocenters. The third-order valence-corrected chi connectivity index (χ3v) is 3.48. The Hall–Kier alpha value is -1.42. The summed E-state index contributed by atoms with van der Waals surface area (Å²) in [6.45, 7) is 2.87. The number of benzene rings is 1. The lowest BCUT2D eigenvalue weighted by atomic mass is 9.95. The second-order valence-corrected chi connectivity index (χ2v) is 4.78. The van der Waals surface area contributed by atoms with Gasteiger partial charge in [-0.15, -0.1) is 0 Å². The maximum atomic E-state index is 13.1. The number of carboxylic acids is 1. The summed E-state index contributed by atoms with van der Waals surface area (Å²) in [6, 6.07) is 5.91. The van der Waals surface area contributed by atoms with Crippen LogP contribution in [0.2, 0.25) is 0 Å². The first-order valence-electron chi connectivity index (χ1n) is 6.37. The van der Waals surface area contributed by atoms with Crippen molar-refractivity contribution in [2.45, 2.75) is 25.2 Å². The van der Waals surface area contributed by atoms with Crippen molar-refractivity contribution in [1.29, 1.82) is 0 Å². The SMILES string of the molecule is O=C(O)C(CCN1CCCC1)c1cccc(F)c1. The first-order chi connectivity index (χ1) is 8.66. The predicted molar refractivity (Wildman–Crippen MR) is 67.1 cm³/mol. The summed E-state index contributed by atoms with van der Waals surface area (Å²) in [7, 11) is 0. The second-order valence-electron chi connectivity index (χ2n) is 4.78. The molecular formula is C14H18FNO2. The molecule has 1 aromatic rings. The Morgan fingerprint density at radius 2 is 2.11 bits per heavy atom. The lowest BCUT2D eigenvalue weighted by molar-refractivity contribution is -0.139. The van der Waals surface area contributed by atoms with Crippen molar-refractivity contribution in [2.75, 3.05) is 19.6 Å². The van der Waals surface area contributed by atoms with Crippen LogP contribution in [-0.4, -0.2) is 35.6 Å². The van der Waals surface area contributed by atoms with Gasteiger partial charge in [0.15, 0.2) is 0 Å². The van der Waals surface area contributed by atoms with E-state index in [9.17, 15) is 14.3 Å². The number of halogens is 1. The Labute approximate surface area is 106 Å². The molecule has 4 heteroatoms. The molecule has 2 rings (SSSR count). The van der Waals surface area contributed by atoms with Gasteiger partial charge in [0.05, 0.1) is 5.92 Å². The summed E-state index contributed by atoms with van der Waals surface area (Å²) in [5.74, 6) is -1.86. The molecule has 0 saturated carbocycles. The highest BCUT2D eigenvalue weighted by molar-refractivity contribution is 5.76. The van der Waals surface area contributed by atoms with Gasteiger partial charge in [0.2, 0.25) is 0 Å². The van der Waals surface area contributed by atoms with E-state index in [2.05, 4.69) is 4.90 Å². The van der Waals surface area contributed by atoms with E-state index in [1.54, 1.807) is 12.1 Å². The molecule has 1 N–H and O–H groups in total. The molecule has 0 amide bonds. The third-order valence-electron chi connectivity index (χ3n) is 3.48. The molecule has 0 radical (unpaired) electrons. The Balaban J connectivity index is 2.01. The number of hydrogen-bond acceptors (Lipinski definition) is 2. The van der Waals surface area contributed by atoms with E-state index in [1.165, 1.54) is 25.0 Å². The number of rotatable bonds is 5. The van der Waals surface area contributed by atoms with Gasteiger partial charge in [-0.1, -0.05) is 12.1 Å². The zero-order chi connectivity index (χ0) is 13.0. The lowest BCUT2D eigenvalue weighted by Gasteiger charge is -2.18. The summed E-state index contributed by atoms with van der Waals surface area (Å²) in [5, 5.41) is 9.25. The van der Waals surface area contributed by atoms with Gasteiger partial charge in [-0.3, -0.25) is 4.79 Å². The van der Waals surface area contributed by atoms with Crippen molar-refractivity contribution in [2.24, 2.45) is 0 Å². The minimum Gasteiger partial charge on any atom is -0.481 e. The van der Waals surface area contributed by atoms with Crippen molar-refractivity contribution in [3.8, 4) is 0 Å². The van der Waals surface area contributed by atoms with Crippen LogP contribution < -0.4 is 0 Å². The van der Waals surface area contributed by atoms with Crippen LogP contribution in [0.1, 0.15) is 30.7 Å². The average Bonchev–Trinajstić information content (AvgIpc) is 2.82. The van der Waals surface area contributed by atoms with E-state index in [1.807, 2.05) is 0 Å². The van der Waals surface area contributed by atoms with Crippen LogP contribution in [0.5, 0.6) is 0 Å². The molecule has 1 saturated heterocycles. The molecular weight excluding hydrogens is 233 g/mol. The van der Waals surface area contributed by atoms with Crippen LogP contribution in [0.15, 0.2) is 24.3 Å². The summed E-state index contributed by atoms with van der Waals surface area (Å²) in [4.78, 5) is 13.5. The smallest absolute Gasteiger partial charge is 0.311 e. The molecule has 18 heavy (non-hydrogen) atoms. The number of hydrogen-bond donors (Lipinski definition) is 1. The van der Waals surface area contributed by atoms with Gasteiger partial charge in [0, 0.05) is 0 Å². The van der Waals surface area contributed by atoms with Gasteiger partial charge in [0.1, 0.15) is 5.82 Å². The van der Waals surface area contributed by atoms with Gasteiger partial charge in [-0.2, -0.15) is 0 Å². The zero-order valence-corrected chi connectivity index (χ0v) is 10.3. The topological polar surface area (TPSA) is 40.5 Å². The van der Waals surface area contributed by atoms with Crippen LogP contribution in [0.25, 0.3) is 0 Å². The van der Waals surface area contributed by atoms with Crippen molar-refractivity contribution in [3.05, 3.63) is 35.6 Å². The number of aliphatic carboxylic acids is 1. The van der Waals surface area contributed by atoms with Gasteiger partial charge < -0.3 is 10.0 Å². The first-order valence-corrected chi connectivity index (χ1v) is 6.37. The van der Waals surface area contributed by atoms with Crippen LogP contribution >= 0.6 is 0 Å². The molecule has 0 aliphatic carbocycles. The predicted octanol–water partition coefficient (Wildman–Crippen LogP) is 2.48. The first kappa shape index (κ1) is 13.0. The molecule has 1 atom stereocenters. The number of carbonyl (C=O) groups is 1. The van der Waals surface area contributed by atoms with E-state index in [4.69, 9.17) is 0 Å². The molecule has 0 bridgehead atoms. The van der Waals surface area contributed by atoms with E-state index in [-0.39, 0.29) is 5.82 Å². The van der Waals surface area contributed by atoms with E-state index in [0.717, 1.165) is 19.6 Å². The van der Waals surface area contributed by atoms with Gasteiger partial charge in [-0.25, -0.2) is 4.39 Å². The molecule has 1 aromatic carbocycles. The fourth-order valence-electron chi connectivity index (χ4n) is 2.47. The maximum absolute atomic E-state index is 13.1. The van der Waals surface area contributed by atoms with Crippen LogP contribution in [-0.2, 0) is 4.79 Å². The average molecular weight is 251 g/mol. The Kier molecular flexibility index (Phi) is 4.31. The molecule has 1 aliphatic rings. The van der Waals surface area contributed by atoms with Crippen molar-refractivity contribution in [1.82, 2.24) is 4.90 Å². The molecule has 1 fully saturated rings.